The summed E-state index contributed by atoms with van der Waals surface area (Å²) in [6, 6.07) is 6.80. The molecule has 0 saturated heterocycles. The van der Waals surface area contributed by atoms with Crippen molar-refractivity contribution in [2.45, 2.75) is 4.90 Å². The van der Waals surface area contributed by atoms with Gasteiger partial charge in [0.15, 0.2) is 6.61 Å². The number of anilines is 1. The summed E-state index contributed by atoms with van der Waals surface area (Å²) in [5, 5.41) is 0. The molecule has 0 bridgehead atoms. The monoisotopic (exact) mass is 363 g/mol. The maximum Gasteiger partial charge on any atom is 0.339 e. The molecule has 132 valence electrons. The maximum absolute atomic E-state index is 12.3. The van der Waals surface area contributed by atoms with Crippen LogP contribution in [-0.4, -0.2) is 33.7 Å². The van der Waals surface area contributed by atoms with Gasteiger partial charge in [-0.25, -0.2) is 9.59 Å². The van der Waals surface area contributed by atoms with Crippen LogP contribution in [0.3, 0.4) is 0 Å². The Hall–Kier alpha value is -2.81. The largest absolute Gasteiger partial charge is 0.454 e. The normalized spacial score (nSPS) is 10.5. The Bertz CT molecular complexity index is 961. The fourth-order valence-electron chi connectivity index (χ4n) is 2.22. The Morgan fingerprint density at radius 3 is 2.44 bits per heavy atom. The Kier molecular flexibility index (Phi) is 5.48. The van der Waals surface area contributed by atoms with Gasteiger partial charge >= 0.3 is 11.7 Å². The van der Waals surface area contributed by atoms with Crippen molar-refractivity contribution in [1.29, 1.82) is 0 Å². The third-order valence-corrected chi connectivity index (χ3v) is 4.45. The molecule has 2 rings (SSSR count). The highest BCUT2D eigenvalue weighted by molar-refractivity contribution is 7.98. The van der Waals surface area contributed by atoms with Crippen molar-refractivity contribution in [3.8, 4) is 0 Å². The fraction of sp³-hybridized carbons (Fsp3) is 0.250. The summed E-state index contributed by atoms with van der Waals surface area (Å²) >= 11 is 1.37. The predicted octanol–water partition coefficient (Wildman–Crippen LogP) is 0.428. The van der Waals surface area contributed by atoms with Gasteiger partial charge in [0.25, 0.3) is 5.56 Å². The summed E-state index contributed by atoms with van der Waals surface area (Å²) in [5.74, 6) is -1.72. The first-order valence-electron chi connectivity index (χ1n) is 7.18. The van der Waals surface area contributed by atoms with Crippen molar-refractivity contribution in [3.05, 3.63) is 56.2 Å². The van der Waals surface area contributed by atoms with Crippen LogP contribution < -0.4 is 17.0 Å². The van der Waals surface area contributed by atoms with Crippen molar-refractivity contribution in [2.24, 2.45) is 14.1 Å². The number of hydrogen-bond acceptors (Lipinski definition) is 7. The first kappa shape index (κ1) is 18.5. The van der Waals surface area contributed by atoms with Crippen LogP contribution in [0.1, 0.15) is 20.7 Å². The van der Waals surface area contributed by atoms with Crippen LogP contribution in [0.4, 0.5) is 5.82 Å². The standard InChI is InChI=1S/C16H17N3O5S/c1-18-13(17)12(14(21)19(2)16(18)23)10(20)8-24-15(22)9-6-4-5-7-11(9)25-3/h4-7H,8,17H2,1-3H3. The zero-order valence-corrected chi connectivity index (χ0v) is 14.8. The SMILES string of the molecule is CSc1ccccc1C(=O)OCC(=O)c1c(N)n(C)c(=O)n(C)c1=O. The molecule has 0 saturated carbocycles. The van der Waals surface area contributed by atoms with Crippen LogP contribution in [0.2, 0.25) is 0 Å². The highest BCUT2D eigenvalue weighted by atomic mass is 32.2. The van der Waals surface area contributed by atoms with Gasteiger partial charge in [-0.05, 0) is 18.4 Å². The topological polar surface area (TPSA) is 113 Å². The summed E-state index contributed by atoms with van der Waals surface area (Å²) in [5.41, 5.74) is 4.17. The quantitative estimate of drug-likeness (QED) is 0.465. The first-order chi connectivity index (χ1) is 11.8. The number of nitrogens with two attached hydrogens (primary N) is 1. The van der Waals surface area contributed by atoms with Crippen molar-refractivity contribution in [2.75, 3.05) is 18.6 Å². The average Bonchev–Trinajstić information content (AvgIpc) is 2.62. The molecule has 25 heavy (non-hydrogen) atoms. The second-order valence-electron chi connectivity index (χ2n) is 5.17. The Labute approximate surface area is 147 Å². The van der Waals surface area contributed by atoms with E-state index in [1.54, 1.807) is 24.3 Å². The zero-order valence-electron chi connectivity index (χ0n) is 13.9. The third kappa shape index (κ3) is 3.50. The Morgan fingerprint density at radius 1 is 1.16 bits per heavy atom. The summed E-state index contributed by atoms with van der Waals surface area (Å²) in [7, 11) is 2.58. The molecule has 1 aromatic carbocycles. The number of ether oxygens (including phenoxy) is 1. The number of thioether (sulfide) groups is 1. The van der Waals surface area contributed by atoms with E-state index in [1.165, 1.54) is 25.9 Å². The Balaban J connectivity index is 2.26. The molecule has 0 unspecified atom stereocenters. The molecule has 0 aliphatic rings. The first-order valence-corrected chi connectivity index (χ1v) is 8.40. The van der Waals surface area contributed by atoms with Gasteiger partial charge in [-0.1, -0.05) is 12.1 Å². The molecule has 1 aromatic heterocycles. The average molecular weight is 363 g/mol. The molecule has 9 heteroatoms. The molecule has 0 aliphatic heterocycles. The minimum absolute atomic E-state index is 0.265. The third-order valence-electron chi connectivity index (χ3n) is 3.65. The Morgan fingerprint density at radius 2 is 1.80 bits per heavy atom. The fourth-order valence-corrected chi connectivity index (χ4v) is 2.80. The maximum atomic E-state index is 12.3. The van der Waals surface area contributed by atoms with E-state index in [9.17, 15) is 19.2 Å². The number of aromatic nitrogens is 2. The number of Topliss-reactive ketones (excluding diaryl/α,β-unsaturated/α-hetero) is 1. The number of nitrogens with zero attached hydrogens (tertiary/aromatic N) is 2. The van der Waals surface area contributed by atoms with Gasteiger partial charge in [0.05, 0.1) is 5.56 Å². The number of nitrogen functional groups attached to an aromatic ring is 1. The molecule has 2 N–H and O–H groups in total. The number of hydrogen-bond donors (Lipinski definition) is 1. The number of carbonyl (C=O) groups excluding carboxylic acids is 2. The van der Waals surface area contributed by atoms with Crippen LogP contribution in [0, 0.1) is 0 Å². The van der Waals surface area contributed by atoms with E-state index >= 15 is 0 Å². The molecule has 2 aromatic rings. The zero-order chi connectivity index (χ0) is 18.7. The molecule has 0 amide bonds. The number of rotatable bonds is 5. The highest BCUT2D eigenvalue weighted by Gasteiger charge is 2.22. The van der Waals surface area contributed by atoms with E-state index in [0.717, 1.165) is 9.13 Å². The van der Waals surface area contributed by atoms with E-state index in [-0.39, 0.29) is 11.4 Å². The highest BCUT2D eigenvalue weighted by Crippen LogP contribution is 2.20. The number of carbonyl (C=O) groups is 2. The number of ketones is 1. The van der Waals surface area contributed by atoms with Crippen LogP contribution >= 0.6 is 11.8 Å². The smallest absolute Gasteiger partial charge is 0.339 e. The van der Waals surface area contributed by atoms with Crippen molar-refractivity contribution in [1.82, 2.24) is 9.13 Å². The molecule has 0 atom stereocenters. The molecular weight excluding hydrogens is 346 g/mol. The molecule has 8 nitrogen and oxygen atoms in total. The molecule has 0 aliphatic carbocycles. The second-order valence-corrected chi connectivity index (χ2v) is 6.01. The van der Waals surface area contributed by atoms with Gasteiger partial charge in [0, 0.05) is 19.0 Å². The minimum atomic E-state index is -0.828. The minimum Gasteiger partial charge on any atom is -0.454 e. The van der Waals surface area contributed by atoms with E-state index in [2.05, 4.69) is 0 Å². The van der Waals surface area contributed by atoms with Gasteiger partial charge in [-0.15, -0.1) is 11.8 Å². The van der Waals surface area contributed by atoms with E-state index in [0.29, 0.717) is 10.5 Å². The molecule has 1 heterocycles. The molecule has 0 fully saturated rings. The molecule has 0 radical (unpaired) electrons. The van der Waals surface area contributed by atoms with E-state index < -0.39 is 29.6 Å². The predicted molar refractivity (Wildman–Crippen MR) is 94.2 cm³/mol. The summed E-state index contributed by atoms with van der Waals surface area (Å²) < 4.78 is 6.77. The lowest BCUT2D eigenvalue weighted by atomic mass is 10.2. The molecule has 0 spiro atoms. The molecular formula is C16H17N3O5S. The summed E-state index contributed by atoms with van der Waals surface area (Å²) in [6.07, 6.45) is 1.81. The van der Waals surface area contributed by atoms with Crippen LogP contribution in [0.5, 0.6) is 0 Å². The number of benzene rings is 1. The van der Waals surface area contributed by atoms with Gasteiger partial charge < -0.3 is 10.5 Å². The van der Waals surface area contributed by atoms with E-state index in [4.69, 9.17) is 10.5 Å². The summed E-state index contributed by atoms with van der Waals surface area (Å²) in [6.45, 7) is -0.654. The number of esters is 1. The lowest BCUT2D eigenvalue weighted by Crippen LogP contribution is -2.42. The van der Waals surface area contributed by atoms with Gasteiger partial charge in [-0.3, -0.25) is 18.7 Å². The van der Waals surface area contributed by atoms with Crippen LogP contribution in [0.15, 0.2) is 38.8 Å². The van der Waals surface area contributed by atoms with Gasteiger partial charge in [-0.2, -0.15) is 0 Å². The van der Waals surface area contributed by atoms with Crippen molar-refractivity contribution >= 4 is 29.3 Å². The van der Waals surface area contributed by atoms with Crippen LogP contribution in [0.25, 0.3) is 0 Å². The summed E-state index contributed by atoms with van der Waals surface area (Å²) in [4.78, 5) is 49.0. The van der Waals surface area contributed by atoms with Gasteiger partial charge in [0.1, 0.15) is 11.4 Å². The van der Waals surface area contributed by atoms with Crippen LogP contribution in [-0.2, 0) is 18.8 Å². The lowest BCUT2D eigenvalue weighted by molar-refractivity contribution is 0.0470. The second kappa shape index (κ2) is 7.39. The van der Waals surface area contributed by atoms with Crippen molar-refractivity contribution in [3.63, 3.8) is 0 Å². The van der Waals surface area contributed by atoms with E-state index in [1.807, 2.05) is 6.26 Å². The van der Waals surface area contributed by atoms with Crippen molar-refractivity contribution < 1.29 is 14.3 Å². The van der Waals surface area contributed by atoms with Gasteiger partial charge in [0.2, 0.25) is 5.78 Å². The lowest BCUT2D eigenvalue weighted by Gasteiger charge is -2.11.